The van der Waals surface area contributed by atoms with Crippen LogP contribution in [-0.4, -0.2) is 24.9 Å². The first kappa shape index (κ1) is 32.1. The van der Waals surface area contributed by atoms with Crippen LogP contribution in [0, 0.1) is 0 Å². The summed E-state index contributed by atoms with van der Waals surface area (Å²) in [5, 5.41) is 5.45. The van der Waals surface area contributed by atoms with E-state index in [1.54, 1.807) is 22.7 Å². The van der Waals surface area contributed by atoms with Gasteiger partial charge in [0.25, 0.3) is 0 Å². The fraction of sp³-hybridized carbons (Fsp3) is 0. The Bertz CT molecular complexity index is 3540. The molecule has 0 saturated carbocycles. The SMILES string of the molecule is c1ccc(-c2nc(-c3cccc4c3oc3ccccc34)nc(-c3cccc4sc5c(-c6nc(-c7ccccc7)nc7c6sc6ccccc67)cccc5c34)n2)cc1. The van der Waals surface area contributed by atoms with Gasteiger partial charge in [-0.25, -0.2) is 24.9 Å². The van der Waals surface area contributed by atoms with Crippen molar-refractivity contribution in [2.24, 2.45) is 0 Å². The maximum atomic E-state index is 6.48. The van der Waals surface area contributed by atoms with E-state index in [1.807, 2.05) is 78.9 Å². The van der Waals surface area contributed by atoms with Crippen molar-refractivity contribution in [1.29, 1.82) is 0 Å². The summed E-state index contributed by atoms with van der Waals surface area (Å²) in [7, 11) is 0. The fourth-order valence-electron chi connectivity index (χ4n) is 7.97. The van der Waals surface area contributed by atoms with Gasteiger partial charge < -0.3 is 4.42 Å². The zero-order chi connectivity index (χ0) is 37.5. The highest BCUT2D eigenvalue weighted by atomic mass is 32.1. The highest BCUT2D eigenvalue weighted by Crippen LogP contribution is 2.47. The first-order valence-corrected chi connectivity index (χ1v) is 20.3. The molecule has 0 unspecified atom stereocenters. The Balaban J connectivity index is 1.11. The Morgan fingerprint density at radius 1 is 0.368 bits per heavy atom. The lowest BCUT2D eigenvalue weighted by atomic mass is 10.0. The van der Waals surface area contributed by atoms with Crippen molar-refractivity contribution in [2.75, 3.05) is 0 Å². The third-order valence-corrected chi connectivity index (χ3v) is 13.0. The number of fused-ring (bicyclic) bond motifs is 9. The molecule has 0 N–H and O–H groups in total. The highest BCUT2D eigenvalue weighted by molar-refractivity contribution is 7.27. The van der Waals surface area contributed by atoms with Crippen molar-refractivity contribution in [3.05, 3.63) is 164 Å². The van der Waals surface area contributed by atoms with E-state index in [2.05, 4.69) is 84.9 Å². The van der Waals surface area contributed by atoms with Gasteiger partial charge in [0.05, 0.1) is 21.5 Å². The van der Waals surface area contributed by atoms with Gasteiger partial charge in [-0.3, -0.25) is 0 Å². The minimum Gasteiger partial charge on any atom is -0.455 e. The number of nitrogens with zero attached hydrogens (tertiary/aromatic N) is 5. The molecular formula is C49H27N5OS2. The summed E-state index contributed by atoms with van der Waals surface area (Å²) in [6.07, 6.45) is 0. The number of hydrogen-bond donors (Lipinski definition) is 0. The van der Waals surface area contributed by atoms with Crippen molar-refractivity contribution >= 4 is 85.1 Å². The molecule has 12 aromatic rings. The van der Waals surface area contributed by atoms with Crippen LogP contribution in [0.5, 0.6) is 0 Å². The molecule has 0 bridgehead atoms. The standard InChI is InChI=1S/C49H27N5OS2/c1-3-14-28(15-4-1)46-50-41-32-19-8-10-26-38(32)56-45(41)42(51-46)35-23-12-21-33-40-34(22-13-27-39(40)57-44(33)35)48-52-47(29-16-5-2-6-17-29)53-49(54-48)36-24-11-20-31-30-18-7-9-25-37(30)55-43(31)36/h1-27H. The minimum atomic E-state index is 0.558. The first-order valence-electron chi connectivity index (χ1n) is 18.7. The summed E-state index contributed by atoms with van der Waals surface area (Å²) < 4.78 is 11.0. The summed E-state index contributed by atoms with van der Waals surface area (Å²) in [5.41, 5.74) is 8.23. The normalized spacial score (nSPS) is 11.9. The average molecular weight is 766 g/mol. The monoisotopic (exact) mass is 765 g/mol. The van der Waals surface area contributed by atoms with Crippen LogP contribution in [0.3, 0.4) is 0 Å². The fourth-order valence-corrected chi connectivity index (χ4v) is 10.4. The predicted molar refractivity (Wildman–Crippen MR) is 236 cm³/mol. The van der Waals surface area contributed by atoms with Gasteiger partial charge in [-0.05, 0) is 24.3 Å². The molecule has 0 fully saturated rings. The Kier molecular flexibility index (Phi) is 7.17. The van der Waals surface area contributed by atoms with Gasteiger partial charge in [0.15, 0.2) is 23.3 Å². The molecule has 0 radical (unpaired) electrons. The number of thiophene rings is 2. The molecule has 0 aliphatic heterocycles. The van der Waals surface area contributed by atoms with Gasteiger partial charge in [0.2, 0.25) is 0 Å². The van der Waals surface area contributed by atoms with Crippen LogP contribution < -0.4 is 0 Å². The summed E-state index contributed by atoms with van der Waals surface area (Å²) in [6, 6.07) is 56.1. The van der Waals surface area contributed by atoms with Crippen molar-refractivity contribution < 1.29 is 4.42 Å². The quantitative estimate of drug-likeness (QED) is 0.174. The van der Waals surface area contributed by atoms with E-state index in [0.717, 1.165) is 91.2 Å². The molecule has 0 saturated heterocycles. The van der Waals surface area contributed by atoms with E-state index in [0.29, 0.717) is 23.3 Å². The maximum Gasteiger partial charge on any atom is 0.167 e. The second-order valence-electron chi connectivity index (χ2n) is 14.0. The highest BCUT2D eigenvalue weighted by Gasteiger charge is 2.23. The first-order chi connectivity index (χ1) is 28.2. The average Bonchev–Trinajstić information content (AvgIpc) is 3.98. The Hall–Kier alpha value is -7.13. The van der Waals surface area contributed by atoms with Crippen LogP contribution in [0.25, 0.3) is 119 Å². The van der Waals surface area contributed by atoms with Crippen LogP contribution in [-0.2, 0) is 0 Å². The van der Waals surface area contributed by atoms with Gasteiger partial charge in [-0.15, -0.1) is 22.7 Å². The second-order valence-corrected chi connectivity index (χ2v) is 16.1. The van der Waals surface area contributed by atoms with Crippen LogP contribution in [0.1, 0.15) is 0 Å². The Labute approximate surface area is 333 Å². The molecule has 0 aliphatic carbocycles. The molecule has 7 aromatic carbocycles. The van der Waals surface area contributed by atoms with Gasteiger partial charge >= 0.3 is 0 Å². The lowest BCUT2D eigenvalue weighted by molar-refractivity contribution is 0.669. The third-order valence-electron chi connectivity index (χ3n) is 10.6. The van der Waals surface area contributed by atoms with E-state index < -0.39 is 0 Å². The van der Waals surface area contributed by atoms with Crippen LogP contribution in [0.2, 0.25) is 0 Å². The van der Waals surface area contributed by atoms with Gasteiger partial charge in [-0.2, -0.15) is 0 Å². The molecular weight excluding hydrogens is 739 g/mol. The zero-order valence-corrected chi connectivity index (χ0v) is 31.7. The molecule has 12 rings (SSSR count). The van der Waals surface area contributed by atoms with E-state index >= 15 is 0 Å². The second kappa shape index (κ2) is 12.7. The van der Waals surface area contributed by atoms with Gasteiger partial charge in [0.1, 0.15) is 11.2 Å². The molecule has 57 heavy (non-hydrogen) atoms. The van der Waals surface area contributed by atoms with Crippen molar-refractivity contribution in [2.45, 2.75) is 0 Å². The number of benzene rings is 7. The van der Waals surface area contributed by atoms with E-state index in [-0.39, 0.29) is 0 Å². The Morgan fingerprint density at radius 3 is 1.74 bits per heavy atom. The molecule has 0 aliphatic rings. The van der Waals surface area contributed by atoms with Crippen LogP contribution >= 0.6 is 22.7 Å². The number of rotatable bonds is 5. The van der Waals surface area contributed by atoms with Crippen molar-refractivity contribution in [1.82, 2.24) is 24.9 Å². The smallest absolute Gasteiger partial charge is 0.167 e. The topological polar surface area (TPSA) is 77.6 Å². The van der Waals surface area contributed by atoms with Crippen LogP contribution in [0.4, 0.5) is 0 Å². The zero-order valence-electron chi connectivity index (χ0n) is 30.0. The lowest BCUT2D eigenvalue weighted by Crippen LogP contribution is -2.00. The third kappa shape index (κ3) is 5.12. The number of furan rings is 1. The molecule has 0 spiro atoms. The lowest BCUT2D eigenvalue weighted by Gasteiger charge is -2.10. The van der Waals surface area contributed by atoms with Gasteiger partial charge in [-0.1, -0.05) is 140 Å². The van der Waals surface area contributed by atoms with Crippen molar-refractivity contribution in [3.63, 3.8) is 0 Å². The summed E-state index contributed by atoms with van der Waals surface area (Å²) >= 11 is 3.52. The number of aromatic nitrogens is 5. The molecule has 8 heteroatoms. The molecule has 6 nitrogen and oxygen atoms in total. The molecule has 266 valence electrons. The molecule has 0 amide bonds. The Morgan fingerprint density at radius 2 is 0.930 bits per heavy atom. The van der Waals surface area contributed by atoms with E-state index in [4.69, 9.17) is 29.3 Å². The minimum absolute atomic E-state index is 0.558. The number of para-hydroxylation sites is 2. The predicted octanol–water partition coefficient (Wildman–Crippen LogP) is 13.6. The summed E-state index contributed by atoms with van der Waals surface area (Å²) in [5.74, 6) is 2.47. The number of hydrogen-bond acceptors (Lipinski definition) is 8. The maximum absolute atomic E-state index is 6.48. The van der Waals surface area contributed by atoms with Gasteiger partial charge in [0, 0.05) is 63.3 Å². The van der Waals surface area contributed by atoms with Crippen LogP contribution in [0.15, 0.2) is 168 Å². The molecule has 5 heterocycles. The molecule has 5 aromatic heterocycles. The summed E-state index contributed by atoms with van der Waals surface area (Å²) in [6.45, 7) is 0. The van der Waals surface area contributed by atoms with E-state index in [1.165, 1.54) is 4.70 Å². The van der Waals surface area contributed by atoms with E-state index in [9.17, 15) is 0 Å². The molecule has 0 atom stereocenters. The van der Waals surface area contributed by atoms with Crippen molar-refractivity contribution in [3.8, 4) is 56.8 Å². The summed E-state index contributed by atoms with van der Waals surface area (Å²) in [4.78, 5) is 26.0. The largest absolute Gasteiger partial charge is 0.455 e.